The maximum Gasteiger partial charge on any atom is 0.409 e. The second-order valence-electron chi connectivity index (χ2n) is 5.95. The van der Waals surface area contributed by atoms with Crippen LogP contribution in [-0.2, 0) is 17.6 Å². The number of alkyl halides is 6. The lowest BCUT2D eigenvalue weighted by Crippen LogP contribution is -2.45. The molecule has 0 fully saturated rings. The fourth-order valence-corrected chi connectivity index (χ4v) is 3.96. The first-order valence-corrected chi connectivity index (χ1v) is 8.52. The van der Waals surface area contributed by atoms with E-state index in [0.717, 1.165) is 33.8 Å². The predicted molar refractivity (Wildman–Crippen MR) is 84.5 cm³/mol. The monoisotopic (exact) mass is 385 g/mol. The Balaban J connectivity index is 2.38. The van der Waals surface area contributed by atoms with E-state index in [2.05, 4.69) is 0 Å². The van der Waals surface area contributed by atoms with Gasteiger partial charge in [0.2, 0.25) is 11.8 Å². The van der Waals surface area contributed by atoms with Crippen LogP contribution in [0.15, 0.2) is 5.57 Å². The molecule has 0 spiro atoms. The third kappa shape index (κ3) is 4.37. The first-order chi connectivity index (χ1) is 11.4. The molecule has 2 nitrogen and oxygen atoms in total. The van der Waals surface area contributed by atoms with Gasteiger partial charge in [-0.25, -0.2) is 0 Å². The Labute approximate surface area is 144 Å². The van der Waals surface area contributed by atoms with Crippen molar-refractivity contribution in [2.75, 3.05) is 5.32 Å². The van der Waals surface area contributed by atoms with E-state index in [0.29, 0.717) is 24.8 Å². The number of nitrogens with one attached hydrogen (secondary N) is 1. The van der Waals surface area contributed by atoms with E-state index >= 15 is 0 Å². The van der Waals surface area contributed by atoms with E-state index < -0.39 is 24.2 Å². The fourth-order valence-electron chi connectivity index (χ4n) is 2.69. The lowest BCUT2D eigenvalue weighted by Gasteiger charge is -2.22. The third-order valence-corrected chi connectivity index (χ3v) is 5.29. The van der Waals surface area contributed by atoms with Gasteiger partial charge in [-0.05, 0) is 38.2 Å². The number of rotatable bonds is 4. The van der Waals surface area contributed by atoms with E-state index in [-0.39, 0.29) is 5.00 Å². The van der Waals surface area contributed by atoms with Gasteiger partial charge in [0.05, 0.1) is 0 Å². The summed E-state index contributed by atoms with van der Waals surface area (Å²) >= 11 is 1.06. The first-order valence-electron chi connectivity index (χ1n) is 7.71. The van der Waals surface area contributed by atoms with Crippen molar-refractivity contribution in [3.8, 4) is 0 Å². The molecule has 2 rings (SSSR count). The van der Waals surface area contributed by atoms with Gasteiger partial charge < -0.3 is 5.32 Å². The van der Waals surface area contributed by atoms with Gasteiger partial charge in [0.1, 0.15) is 5.00 Å². The molecule has 25 heavy (non-hydrogen) atoms. The molecule has 1 N–H and O–H groups in total. The molecule has 0 saturated carbocycles. The quantitative estimate of drug-likeness (QED) is 0.659. The maximum absolute atomic E-state index is 12.7. The van der Waals surface area contributed by atoms with E-state index in [1.807, 2.05) is 19.2 Å². The van der Waals surface area contributed by atoms with E-state index in [4.69, 9.17) is 0 Å². The normalized spacial score (nSPS) is 15.6. The average Bonchev–Trinajstić information content (AvgIpc) is 2.98. The van der Waals surface area contributed by atoms with Crippen LogP contribution < -0.4 is 5.32 Å². The highest BCUT2D eigenvalue weighted by atomic mass is 32.1. The molecule has 0 unspecified atom stereocenters. The number of fused-ring (bicyclic) bond motifs is 1. The lowest BCUT2D eigenvalue weighted by atomic mass is 10.1. The summed E-state index contributed by atoms with van der Waals surface area (Å²) in [5, 5.41) is 1.93. The number of carbonyl (C=O) groups excluding carboxylic acids is 1. The van der Waals surface area contributed by atoms with Gasteiger partial charge in [0.25, 0.3) is 0 Å². The Morgan fingerprint density at radius 1 is 1.20 bits per heavy atom. The zero-order chi connectivity index (χ0) is 19.0. The first kappa shape index (κ1) is 19.8. The van der Waals surface area contributed by atoms with Crippen molar-refractivity contribution in [1.29, 1.82) is 0 Å². The number of anilines is 1. The van der Waals surface area contributed by atoms with Gasteiger partial charge in [0, 0.05) is 10.4 Å². The van der Waals surface area contributed by atoms with Gasteiger partial charge in [0.15, 0.2) is 0 Å². The molecule has 1 aliphatic carbocycles. The summed E-state index contributed by atoms with van der Waals surface area (Å²) in [6, 6.07) is 0. The molecule has 0 aliphatic heterocycles. The molecule has 1 aliphatic rings. The number of thiophene rings is 1. The van der Waals surface area contributed by atoms with Crippen molar-refractivity contribution in [3.63, 3.8) is 0 Å². The standard InChI is InChI=1S/C16H17F6NOS/c1-3-8(2)7-10-9-5-4-6-11(9)25-14(10)23-13(24)12(15(17,18)19)16(20,21)22/h7,12H,3-6H2,1-2H3,(H,23,24)/b8-7-. The minimum absolute atomic E-state index is 0.0565. The number of hydrogen-bond donors (Lipinski definition) is 1. The van der Waals surface area contributed by atoms with Crippen LogP contribution >= 0.6 is 11.3 Å². The summed E-state index contributed by atoms with van der Waals surface area (Å²) in [6.45, 7) is 3.71. The lowest BCUT2D eigenvalue weighted by molar-refractivity contribution is -0.272. The molecule has 9 heteroatoms. The minimum Gasteiger partial charge on any atom is -0.316 e. The van der Waals surface area contributed by atoms with Crippen molar-refractivity contribution in [3.05, 3.63) is 21.6 Å². The van der Waals surface area contributed by atoms with Crippen LogP contribution in [-0.4, -0.2) is 18.3 Å². The molecular formula is C16H17F6NOS. The second-order valence-corrected chi connectivity index (χ2v) is 7.06. The molecule has 1 amide bonds. The Bertz CT molecular complexity index is 672. The van der Waals surface area contributed by atoms with Gasteiger partial charge in [-0.1, -0.05) is 18.6 Å². The fraction of sp³-hybridized carbons (Fsp3) is 0.562. The van der Waals surface area contributed by atoms with Crippen molar-refractivity contribution in [2.45, 2.75) is 51.9 Å². The molecule has 0 atom stereocenters. The van der Waals surface area contributed by atoms with Crippen molar-refractivity contribution in [2.24, 2.45) is 5.92 Å². The van der Waals surface area contributed by atoms with Crippen molar-refractivity contribution >= 4 is 28.3 Å². The van der Waals surface area contributed by atoms with Gasteiger partial charge in [-0.2, -0.15) is 26.3 Å². The van der Waals surface area contributed by atoms with E-state index in [1.54, 1.807) is 6.08 Å². The van der Waals surface area contributed by atoms with Crippen LogP contribution in [0.25, 0.3) is 6.08 Å². The minimum atomic E-state index is -5.70. The Kier molecular flexibility index (Phi) is 5.56. The second kappa shape index (κ2) is 7.01. The van der Waals surface area contributed by atoms with Gasteiger partial charge in [-0.15, -0.1) is 11.3 Å². The zero-order valence-electron chi connectivity index (χ0n) is 13.6. The highest BCUT2D eigenvalue weighted by Gasteiger charge is 2.61. The van der Waals surface area contributed by atoms with Crippen LogP contribution in [0.3, 0.4) is 0 Å². The molecule has 1 heterocycles. The van der Waals surface area contributed by atoms with Crippen molar-refractivity contribution in [1.82, 2.24) is 0 Å². The number of hydrogen-bond acceptors (Lipinski definition) is 2. The van der Waals surface area contributed by atoms with Gasteiger partial charge >= 0.3 is 12.4 Å². The van der Waals surface area contributed by atoms with E-state index in [1.165, 1.54) is 0 Å². The zero-order valence-corrected chi connectivity index (χ0v) is 14.4. The molecule has 140 valence electrons. The summed E-state index contributed by atoms with van der Waals surface area (Å²) < 4.78 is 76.2. The summed E-state index contributed by atoms with van der Waals surface area (Å²) in [5.41, 5.74) is 2.36. The van der Waals surface area contributed by atoms with Crippen LogP contribution in [0.1, 0.15) is 42.7 Å². The highest BCUT2D eigenvalue weighted by Crippen LogP contribution is 2.43. The summed E-state index contributed by atoms with van der Waals surface area (Å²) in [6.07, 6.45) is -6.68. The predicted octanol–water partition coefficient (Wildman–Crippen LogP) is 5.73. The largest absolute Gasteiger partial charge is 0.409 e. The molecule has 1 aromatic heterocycles. The average molecular weight is 385 g/mol. The maximum atomic E-state index is 12.7. The number of aryl methyl sites for hydroxylation is 1. The Morgan fingerprint density at radius 2 is 1.80 bits per heavy atom. The SMILES string of the molecule is CC/C(C)=C\c1c(NC(=O)C(C(F)(F)F)C(F)(F)F)sc2c1CCC2. The third-order valence-electron chi connectivity index (χ3n) is 4.06. The van der Waals surface area contributed by atoms with Crippen LogP contribution in [0, 0.1) is 5.92 Å². The smallest absolute Gasteiger partial charge is 0.316 e. The molecular weight excluding hydrogens is 368 g/mol. The summed E-state index contributed by atoms with van der Waals surface area (Å²) in [7, 11) is 0. The van der Waals surface area contributed by atoms with Crippen LogP contribution in [0.2, 0.25) is 0 Å². The molecule has 0 radical (unpaired) electrons. The summed E-state index contributed by atoms with van der Waals surface area (Å²) in [4.78, 5) is 12.7. The molecule has 1 aromatic rings. The van der Waals surface area contributed by atoms with Gasteiger partial charge in [-0.3, -0.25) is 4.79 Å². The number of allylic oxidation sites excluding steroid dienone is 1. The highest BCUT2D eigenvalue weighted by molar-refractivity contribution is 7.16. The van der Waals surface area contributed by atoms with Crippen LogP contribution in [0.4, 0.5) is 31.3 Å². The van der Waals surface area contributed by atoms with E-state index in [9.17, 15) is 31.1 Å². The Morgan fingerprint density at radius 3 is 2.32 bits per heavy atom. The summed E-state index contributed by atoms with van der Waals surface area (Å²) in [5.74, 6) is -6.13. The Hall–Kier alpha value is -1.51. The topological polar surface area (TPSA) is 29.1 Å². The molecule has 0 saturated heterocycles. The number of amides is 1. The van der Waals surface area contributed by atoms with Crippen molar-refractivity contribution < 1.29 is 31.1 Å². The molecule has 0 aromatic carbocycles. The molecule has 0 bridgehead atoms. The number of halogens is 6. The number of carbonyl (C=O) groups is 1. The van der Waals surface area contributed by atoms with Crippen LogP contribution in [0.5, 0.6) is 0 Å².